The number of hydrogen-bond donors (Lipinski definition) is 1. The Morgan fingerprint density at radius 3 is 2.70 bits per heavy atom. The van der Waals surface area contributed by atoms with Gasteiger partial charge in [-0.25, -0.2) is 8.78 Å². The molecule has 0 bridgehead atoms. The molecule has 0 radical (unpaired) electrons. The van der Waals surface area contributed by atoms with Gasteiger partial charge in [-0.05, 0) is 30.7 Å². The molecule has 4 nitrogen and oxygen atoms in total. The number of pyridine rings is 1. The van der Waals surface area contributed by atoms with Gasteiger partial charge in [0.25, 0.3) is 0 Å². The van der Waals surface area contributed by atoms with Crippen LogP contribution in [0.2, 0.25) is 0 Å². The molecule has 6 heteroatoms. The van der Waals surface area contributed by atoms with E-state index >= 15 is 0 Å². The van der Waals surface area contributed by atoms with Gasteiger partial charge in [-0.1, -0.05) is 6.07 Å². The predicted octanol–water partition coefficient (Wildman–Crippen LogP) is 2.97. The standard InChI is InChI=1S/C17H16F2N2O2/c1-10-6-12(4-5-20-10)21-8-14(15(9-21)17(22)23)13-3-2-11(18)7-16(13)19/h2-7,14-15H,8-9H2,1H3,(H,22,23)/t14-,15?/m0/s1. The van der Waals surface area contributed by atoms with E-state index in [-0.39, 0.29) is 12.1 Å². The summed E-state index contributed by atoms with van der Waals surface area (Å²) in [6.45, 7) is 2.49. The molecule has 1 aromatic heterocycles. The van der Waals surface area contributed by atoms with E-state index in [1.54, 1.807) is 12.3 Å². The first-order valence-electron chi connectivity index (χ1n) is 7.31. The fourth-order valence-electron chi connectivity index (χ4n) is 3.11. The van der Waals surface area contributed by atoms with Gasteiger partial charge in [-0.15, -0.1) is 0 Å². The van der Waals surface area contributed by atoms with Crippen LogP contribution in [0.3, 0.4) is 0 Å². The van der Waals surface area contributed by atoms with Gasteiger partial charge in [-0.3, -0.25) is 9.78 Å². The van der Waals surface area contributed by atoms with Crippen LogP contribution in [0.15, 0.2) is 36.5 Å². The molecule has 1 aromatic carbocycles. The van der Waals surface area contributed by atoms with Gasteiger partial charge in [0.1, 0.15) is 11.6 Å². The van der Waals surface area contributed by atoms with Crippen LogP contribution in [0.4, 0.5) is 14.5 Å². The normalized spacial score (nSPS) is 20.7. The fourth-order valence-corrected chi connectivity index (χ4v) is 3.11. The summed E-state index contributed by atoms with van der Waals surface area (Å²) in [5.74, 6) is -3.62. The lowest BCUT2D eigenvalue weighted by atomic mass is 9.88. The number of nitrogens with zero attached hydrogens (tertiary/aromatic N) is 2. The maximum absolute atomic E-state index is 14.1. The molecule has 1 N–H and O–H groups in total. The van der Waals surface area contributed by atoms with E-state index in [0.717, 1.165) is 23.5 Å². The minimum Gasteiger partial charge on any atom is -0.481 e. The van der Waals surface area contributed by atoms with Crippen molar-refractivity contribution < 1.29 is 18.7 Å². The molecular weight excluding hydrogens is 302 g/mol. The first-order valence-corrected chi connectivity index (χ1v) is 7.31. The molecule has 1 fully saturated rings. The van der Waals surface area contributed by atoms with Gasteiger partial charge in [0, 0.05) is 42.7 Å². The number of carbonyl (C=O) groups is 1. The molecule has 23 heavy (non-hydrogen) atoms. The highest BCUT2D eigenvalue weighted by molar-refractivity contribution is 5.74. The molecule has 1 aliphatic heterocycles. The van der Waals surface area contributed by atoms with Gasteiger partial charge >= 0.3 is 5.97 Å². The number of aromatic nitrogens is 1. The molecule has 2 aromatic rings. The van der Waals surface area contributed by atoms with Gasteiger partial charge in [0.2, 0.25) is 0 Å². The molecule has 1 saturated heterocycles. The topological polar surface area (TPSA) is 53.4 Å². The van der Waals surface area contributed by atoms with Crippen LogP contribution in [-0.4, -0.2) is 29.1 Å². The van der Waals surface area contributed by atoms with Crippen molar-refractivity contribution in [1.82, 2.24) is 4.98 Å². The smallest absolute Gasteiger partial charge is 0.308 e. The van der Waals surface area contributed by atoms with E-state index in [1.807, 2.05) is 17.9 Å². The summed E-state index contributed by atoms with van der Waals surface area (Å²) < 4.78 is 27.2. The van der Waals surface area contributed by atoms with Gasteiger partial charge in [-0.2, -0.15) is 0 Å². The monoisotopic (exact) mass is 318 g/mol. The molecule has 2 atom stereocenters. The van der Waals surface area contributed by atoms with Crippen LogP contribution in [0.5, 0.6) is 0 Å². The summed E-state index contributed by atoms with van der Waals surface area (Å²) in [4.78, 5) is 17.6. The number of carboxylic acids is 1. The largest absolute Gasteiger partial charge is 0.481 e. The number of aryl methyl sites for hydroxylation is 1. The zero-order valence-electron chi connectivity index (χ0n) is 12.5. The Morgan fingerprint density at radius 2 is 2.04 bits per heavy atom. The number of anilines is 1. The molecule has 0 spiro atoms. The Kier molecular flexibility index (Phi) is 3.98. The van der Waals surface area contributed by atoms with Gasteiger partial charge in [0.15, 0.2) is 0 Å². The van der Waals surface area contributed by atoms with Crippen molar-refractivity contribution in [3.05, 3.63) is 59.4 Å². The maximum atomic E-state index is 14.1. The highest BCUT2D eigenvalue weighted by Gasteiger charge is 2.40. The summed E-state index contributed by atoms with van der Waals surface area (Å²) >= 11 is 0. The Balaban J connectivity index is 1.94. The van der Waals surface area contributed by atoms with Crippen molar-refractivity contribution in [3.63, 3.8) is 0 Å². The van der Waals surface area contributed by atoms with Gasteiger partial charge < -0.3 is 10.0 Å². The molecule has 120 valence electrons. The van der Waals surface area contributed by atoms with E-state index in [9.17, 15) is 18.7 Å². The number of benzene rings is 1. The minimum atomic E-state index is -0.980. The average molecular weight is 318 g/mol. The van der Waals surface area contributed by atoms with Crippen LogP contribution in [0.1, 0.15) is 17.2 Å². The fraction of sp³-hybridized carbons (Fsp3) is 0.294. The summed E-state index contributed by atoms with van der Waals surface area (Å²) in [7, 11) is 0. The highest BCUT2D eigenvalue weighted by atomic mass is 19.1. The molecule has 2 heterocycles. The van der Waals surface area contributed by atoms with Crippen LogP contribution in [0, 0.1) is 24.5 Å². The third-order valence-corrected chi connectivity index (χ3v) is 4.24. The minimum absolute atomic E-state index is 0.243. The molecule has 0 amide bonds. The molecule has 1 unspecified atom stereocenters. The summed E-state index contributed by atoms with van der Waals surface area (Å²) in [5.41, 5.74) is 1.92. The van der Waals surface area contributed by atoms with Crippen LogP contribution < -0.4 is 4.90 Å². The van der Waals surface area contributed by atoms with E-state index in [1.165, 1.54) is 6.07 Å². The second kappa shape index (κ2) is 5.95. The van der Waals surface area contributed by atoms with Crippen molar-refractivity contribution in [3.8, 4) is 0 Å². The van der Waals surface area contributed by atoms with Crippen molar-refractivity contribution in [1.29, 1.82) is 0 Å². The maximum Gasteiger partial charge on any atom is 0.308 e. The third-order valence-electron chi connectivity index (χ3n) is 4.24. The molecule has 0 saturated carbocycles. The summed E-state index contributed by atoms with van der Waals surface area (Å²) in [5, 5.41) is 9.47. The van der Waals surface area contributed by atoms with Crippen molar-refractivity contribution in [2.75, 3.05) is 18.0 Å². The number of aliphatic carboxylic acids is 1. The zero-order valence-corrected chi connectivity index (χ0v) is 12.5. The van der Waals surface area contributed by atoms with E-state index in [4.69, 9.17) is 0 Å². The number of hydrogen-bond acceptors (Lipinski definition) is 3. The molecular formula is C17H16F2N2O2. The van der Waals surface area contributed by atoms with E-state index < -0.39 is 29.4 Å². The Bertz CT molecular complexity index is 751. The van der Waals surface area contributed by atoms with E-state index in [0.29, 0.717) is 6.54 Å². The zero-order chi connectivity index (χ0) is 16.6. The molecule has 0 aliphatic carbocycles. The Hall–Kier alpha value is -2.50. The SMILES string of the molecule is Cc1cc(N2CC(C(=O)O)[C@H](c3ccc(F)cc3F)C2)ccn1. The van der Waals surface area contributed by atoms with Crippen LogP contribution >= 0.6 is 0 Å². The highest BCUT2D eigenvalue weighted by Crippen LogP contribution is 2.36. The number of halogens is 2. The van der Waals surface area contributed by atoms with Crippen LogP contribution in [-0.2, 0) is 4.79 Å². The summed E-state index contributed by atoms with van der Waals surface area (Å²) in [6, 6.07) is 6.97. The second-order valence-electron chi connectivity index (χ2n) is 5.78. The predicted molar refractivity (Wildman–Crippen MR) is 81.4 cm³/mol. The Morgan fingerprint density at radius 1 is 1.26 bits per heavy atom. The lowest BCUT2D eigenvalue weighted by Gasteiger charge is -2.19. The van der Waals surface area contributed by atoms with Crippen molar-refractivity contribution >= 4 is 11.7 Å². The first kappa shape index (κ1) is 15.4. The second-order valence-corrected chi connectivity index (χ2v) is 5.78. The van der Waals surface area contributed by atoms with Crippen LogP contribution in [0.25, 0.3) is 0 Å². The van der Waals surface area contributed by atoms with E-state index in [2.05, 4.69) is 4.98 Å². The molecule has 3 rings (SSSR count). The van der Waals surface area contributed by atoms with Gasteiger partial charge in [0.05, 0.1) is 5.92 Å². The third kappa shape index (κ3) is 3.02. The molecule has 1 aliphatic rings. The number of rotatable bonds is 3. The Labute approximate surface area is 132 Å². The average Bonchev–Trinajstić information content (AvgIpc) is 2.92. The quantitative estimate of drug-likeness (QED) is 0.945. The number of carboxylic acid groups (broad SMARTS) is 1. The summed E-state index contributed by atoms with van der Waals surface area (Å²) in [6.07, 6.45) is 1.66. The lowest BCUT2D eigenvalue weighted by molar-refractivity contribution is -0.141. The van der Waals surface area contributed by atoms with Crippen molar-refractivity contribution in [2.45, 2.75) is 12.8 Å². The first-order chi connectivity index (χ1) is 11.0. The lowest BCUT2D eigenvalue weighted by Crippen LogP contribution is -2.23. The van der Waals surface area contributed by atoms with Crippen molar-refractivity contribution in [2.24, 2.45) is 5.92 Å².